The number of ether oxygens (including phenoxy) is 3. The molecule has 2 aromatic carbocycles. The van der Waals surface area contributed by atoms with E-state index in [1.807, 2.05) is 56.6 Å². The fourth-order valence-corrected chi connectivity index (χ4v) is 3.46. The van der Waals surface area contributed by atoms with Crippen LogP contribution in [0.2, 0.25) is 0 Å². The lowest BCUT2D eigenvalue weighted by Gasteiger charge is -2.19. The fraction of sp³-hybridized carbons (Fsp3) is 0.407. The van der Waals surface area contributed by atoms with Crippen molar-refractivity contribution in [1.29, 1.82) is 0 Å². The first kappa shape index (κ1) is 26.1. The minimum atomic E-state index is -0.517. The van der Waals surface area contributed by atoms with Crippen LogP contribution < -0.4 is 0 Å². The lowest BCUT2D eigenvalue weighted by atomic mass is 10.1. The third-order valence-electron chi connectivity index (χ3n) is 5.18. The summed E-state index contributed by atoms with van der Waals surface area (Å²) in [5, 5.41) is 8.60. The topological polar surface area (TPSA) is 92.5 Å². The second-order valence-corrected chi connectivity index (χ2v) is 9.15. The summed E-state index contributed by atoms with van der Waals surface area (Å²) >= 11 is 0. The predicted molar refractivity (Wildman–Crippen MR) is 134 cm³/mol. The minimum absolute atomic E-state index is 0.331. The molecule has 0 atom stereocenters. The highest BCUT2D eigenvalue weighted by molar-refractivity contribution is 5.90. The van der Waals surface area contributed by atoms with Gasteiger partial charge in [0, 0.05) is 19.2 Å². The molecular weight excluding hydrogens is 446 g/mol. The summed E-state index contributed by atoms with van der Waals surface area (Å²) in [6, 6.07) is 11.2. The van der Waals surface area contributed by atoms with Crippen LogP contribution in [0, 0.1) is 6.92 Å². The summed E-state index contributed by atoms with van der Waals surface area (Å²) in [5.74, 6) is -0.697. The monoisotopic (exact) mass is 479 g/mol. The Morgan fingerprint density at radius 3 is 2.51 bits per heavy atom. The maximum atomic E-state index is 12.1. The van der Waals surface area contributed by atoms with E-state index in [2.05, 4.69) is 10.3 Å². The molecular formula is C27H33N3O5. The molecule has 3 aromatic rings. The third kappa shape index (κ3) is 7.48. The Balaban J connectivity index is 1.49. The maximum Gasteiger partial charge on any atom is 0.338 e. The number of nitrogens with zero attached hydrogens (tertiary/aromatic N) is 3. The standard InChI is InChI=1S/C27H33N3O5/c1-6-34-24(31)15-13-21-12-14-23-25(19(21)2)28-29-30(23)16-7-17-33-18-20-8-10-22(11-9-20)26(32)35-27(3,4)5/h8-15H,6-7,16-18H2,1-5H3/b15-13+. The summed E-state index contributed by atoms with van der Waals surface area (Å²) in [6.45, 7) is 11.3. The number of hydrogen-bond donors (Lipinski definition) is 0. The molecule has 0 N–H and O–H groups in total. The van der Waals surface area contributed by atoms with E-state index >= 15 is 0 Å². The van der Waals surface area contributed by atoms with E-state index in [1.54, 1.807) is 25.1 Å². The van der Waals surface area contributed by atoms with E-state index in [1.165, 1.54) is 6.08 Å². The van der Waals surface area contributed by atoms with Crippen LogP contribution in [0.15, 0.2) is 42.5 Å². The summed E-state index contributed by atoms with van der Waals surface area (Å²) in [4.78, 5) is 23.7. The van der Waals surface area contributed by atoms with Gasteiger partial charge in [0.2, 0.25) is 0 Å². The largest absolute Gasteiger partial charge is 0.463 e. The normalized spacial score (nSPS) is 11.8. The average Bonchev–Trinajstić information content (AvgIpc) is 3.21. The SMILES string of the molecule is CCOC(=O)/C=C/c1ccc2c(nnn2CCCOCc2ccc(C(=O)OC(C)(C)C)cc2)c1C. The maximum absolute atomic E-state index is 12.1. The van der Waals surface area contributed by atoms with Gasteiger partial charge in [0.25, 0.3) is 0 Å². The zero-order valence-corrected chi connectivity index (χ0v) is 21.0. The molecule has 35 heavy (non-hydrogen) atoms. The molecule has 0 spiro atoms. The molecule has 0 unspecified atom stereocenters. The van der Waals surface area contributed by atoms with Crippen LogP contribution in [-0.2, 0) is 32.2 Å². The highest BCUT2D eigenvalue weighted by atomic mass is 16.6. The predicted octanol–water partition coefficient (Wildman–Crippen LogP) is 4.88. The average molecular weight is 480 g/mol. The van der Waals surface area contributed by atoms with Crippen molar-refractivity contribution in [2.45, 2.75) is 59.8 Å². The van der Waals surface area contributed by atoms with Crippen molar-refractivity contribution in [2.24, 2.45) is 0 Å². The number of fused-ring (bicyclic) bond motifs is 1. The van der Waals surface area contributed by atoms with Crippen molar-refractivity contribution in [3.8, 4) is 0 Å². The van der Waals surface area contributed by atoms with Gasteiger partial charge in [-0.05, 0) is 82.0 Å². The Kier molecular flexibility index (Phi) is 8.76. The number of hydrogen-bond acceptors (Lipinski definition) is 7. The van der Waals surface area contributed by atoms with Gasteiger partial charge in [0.1, 0.15) is 11.1 Å². The van der Waals surface area contributed by atoms with Crippen molar-refractivity contribution in [1.82, 2.24) is 15.0 Å². The first-order valence-electron chi connectivity index (χ1n) is 11.8. The lowest BCUT2D eigenvalue weighted by Crippen LogP contribution is -2.23. The number of aryl methyl sites for hydroxylation is 2. The second kappa shape index (κ2) is 11.8. The smallest absolute Gasteiger partial charge is 0.338 e. The first-order chi connectivity index (χ1) is 16.7. The Bertz CT molecular complexity index is 1190. The van der Waals surface area contributed by atoms with Crippen molar-refractivity contribution in [3.63, 3.8) is 0 Å². The highest BCUT2D eigenvalue weighted by Crippen LogP contribution is 2.21. The Labute approximate surface area is 205 Å². The van der Waals surface area contributed by atoms with Crippen LogP contribution in [-0.4, -0.2) is 45.7 Å². The fourth-order valence-electron chi connectivity index (χ4n) is 3.46. The van der Waals surface area contributed by atoms with E-state index in [-0.39, 0.29) is 11.9 Å². The number of rotatable bonds is 10. The van der Waals surface area contributed by atoms with Crippen molar-refractivity contribution in [3.05, 3.63) is 64.7 Å². The number of esters is 2. The van der Waals surface area contributed by atoms with Gasteiger partial charge in [-0.25, -0.2) is 14.3 Å². The molecule has 1 heterocycles. The molecule has 8 nitrogen and oxygen atoms in total. The van der Waals surface area contributed by atoms with Gasteiger partial charge in [-0.2, -0.15) is 0 Å². The number of carbonyl (C=O) groups is 2. The number of benzene rings is 2. The molecule has 0 saturated carbocycles. The Morgan fingerprint density at radius 1 is 1.09 bits per heavy atom. The first-order valence-corrected chi connectivity index (χ1v) is 11.8. The summed E-state index contributed by atoms with van der Waals surface area (Å²) in [6.07, 6.45) is 3.93. The molecule has 8 heteroatoms. The molecule has 0 aliphatic carbocycles. The van der Waals surface area contributed by atoms with Gasteiger partial charge in [-0.15, -0.1) is 5.10 Å². The molecule has 0 amide bonds. The highest BCUT2D eigenvalue weighted by Gasteiger charge is 2.17. The zero-order chi connectivity index (χ0) is 25.4. The van der Waals surface area contributed by atoms with Gasteiger partial charge in [0.15, 0.2) is 0 Å². The summed E-state index contributed by atoms with van der Waals surface area (Å²) < 4.78 is 18.0. The van der Waals surface area contributed by atoms with Gasteiger partial charge >= 0.3 is 11.9 Å². The summed E-state index contributed by atoms with van der Waals surface area (Å²) in [5.41, 5.74) is 4.60. The van der Waals surface area contributed by atoms with Crippen LogP contribution in [0.3, 0.4) is 0 Å². The van der Waals surface area contributed by atoms with E-state index in [0.717, 1.165) is 34.1 Å². The Hall–Kier alpha value is -3.52. The van der Waals surface area contributed by atoms with E-state index in [4.69, 9.17) is 14.2 Å². The van der Waals surface area contributed by atoms with Crippen molar-refractivity contribution >= 4 is 29.0 Å². The van der Waals surface area contributed by atoms with Gasteiger partial charge in [-0.1, -0.05) is 23.4 Å². The van der Waals surface area contributed by atoms with Crippen LogP contribution in [0.1, 0.15) is 61.2 Å². The van der Waals surface area contributed by atoms with Gasteiger partial charge in [0.05, 0.1) is 24.3 Å². The van der Waals surface area contributed by atoms with Gasteiger partial charge in [-0.3, -0.25) is 0 Å². The molecule has 0 aliphatic heterocycles. The van der Waals surface area contributed by atoms with Crippen LogP contribution in [0.25, 0.3) is 17.1 Å². The molecule has 1 aromatic heterocycles. The van der Waals surface area contributed by atoms with E-state index < -0.39 is 5.60 Å². The summed E-state index contributed by atoms with van der Waals surface area (Å²) in [7, 11) is 0. The Morgan fingerprint density at radius 2 is 1.83 bits per heavy atom. The van der Waals surface area contributed by atoms with Crippen molar-refractivity contribution < 1.29 is 23.8 Å². The third-order valence-corrected chi connectivity index (χ3v) is 5.18. The molecule has 186 valence electrons. The van der Waals surface area contributed by atoms with Crippen molar-refractivity contribution in [2.75, 3.05) is 13.2 Å². The lowest BCUT2D eigenvalue weighted by molar-refractivity contribution is -0.137. The minimum Gasteiger partial charge on any atom is -0.463 e. The molecule has 0 bridgehead atoms. The van der Waals surface area contributed by atoms with Crippen LogP contribution >= 0.6 is 0 Å². The van der Waals surface area contributed by atoms with Crippen LogP contribution in [0.5, 0.6) is 0 Å². The molecule has 0 aliphatic rings. The molecule has 0 saturated heterocycles. The number of aromatic nitrogens is 3. The van der Waals surface area contributed by atoms with Crippen LogP contribution in [0.4, 0.5) is 0 Å². The molecule has 3 rings (SSSR count). The zero-order valence-electron chi connectivity index (χ0n) is 21.0. The quantitative estimate of drug-likeness (QED) is 0.232. The van der Waals surface area contributed by atoms with Gasteiger partial charge < -0.3 is 14.2 Å². The molecule has 0 fully saturated rings. The second-order valence-electron chi connectivity index (χ2n) is 9.15. The molecule has 0 radical (unpaired) electrons. The van der Waals surface area contributed by atoms with E-state index in [9.17, 15) is 9.59 Å². The number of carbonyl (C=O) groups excluding carboxylic acids is 2. The van der Waals surface area contributed by atoms with E-state index in [0.29, 0.717) is 31.9 Å².